The van der Waals surface area contributed by atoms with Gasteiger partial charge >= 0.3 is 0 Å². The molecule has 0 radical (unpaired) electrons. The number of benzene rings is 2. The summed E-state index contributed by atoms with van der Waals surface area (Å²) in [6.07, 6.45) is 0. The largest absolute Gasteiger partial charge is 0.545 e. The highest BCUT2D eigenvalue weighted by Crippen LogP contribution is 2.28. The van der Waals surface area contributed by atoms with Gasteiger partial charge < -0.3 is 14.6 Å². The summed E-state index contributed by atoms with van der Waals surface area (Å²) in [4.78, 5) is 15.2. The number of carbonyl (C=O) groups excluding carboxylic acids is 1. The fourth-order valence-electron chi connectivity index (χ4n) is 2.16. The zero-order chi connectivity index (χ0) is 16.9. The molecule has 3 rings (SSSR count). The molecule has 0 atom stereocenters. The lowest BCUT2D eigenvalue weighted by atomic mass is 10.1. The van der Waals surface area contributed by atoms with E-state index in [4.69, 9.17) is 4.74 Å². The molecule has 2 aromatic carbocycles. The molecule has 1 heterocycles. The molecule has 0 unspecified atom stereocenters. The van der Waals surface area contributed by atoms with Crippen LogP contribution in [0.25, 0.3) is 11.4 Å². The summed E-state index contributed by atoms with van der Waals surface area (Å²) < 4.78 is 5.32. The van der Waals surface area contributed by atoms with Crippen molar-refractivity contribution in [2.24, 2.45) is 0 Å². The lowest BCUT2D eigenvalue weighted by Gasteiger charge is -2.04. The van der Waals surface area contributed by atoms with E-state index in [1.165, 1.54) is 23.9 Å². The standard InChI is InChI=1S/C17H15N3O3S/c1-23-14-5-3-2-4-13(14)15-18-17(20-19-15)24-10-11-6-8-12(9-7-11)16(21)22/h2-9H,10H2,1H3,(H,21,22)(H,18,19,20)/p-1. The van der Waals surface area contributed by atoms with Gasteiger partial charge in [0.05, 0.1) is 18.6 Å². The summed E-state index contributed by atoms with van der Waals surface area (Å²) in [6, 6.07) is 14.2. The Kier molecular flexibility index (Phi) is 4.81. The highest BCUT2D eigenvalue weighted by Gasteiger charge is 2.10. The summed E-state index contributed by atoms with van der Waals surface area (Å²) in [6.45, 7) is 0. The third kappa shape index (κ3) is 3.57. The molecule has 6 nitrogen and oxygen atoms in total. The SMILES string of the molecule is COc1ccccc1-c1nc(SCc2ccc(C(=O)[O-])cc2)n[nH]1. The Morgan fingerprint density at radius 2 is 1.96 bits per heavy atom. The van der Waals surface area contributed by atoms with Crippen LogP contribution in [0.1, 0.15) is 15.9 Å². The van der Waals surface area contributed by atoms with Crippen molar-refractivity contribution in [3.8, 4) is 17.1 Å². The van der Waals surface area contributed by atoms with Crippen LogP contribution in [0.3, 0.4) is 0 Å². The topological polar surface area (TPSA) is 90.9 Å². The van der Waals surface area contributed by atoms with E-state index in [0.717, 1.165) is 16.9 Å². The summed E-state index contributed by atoms with van der Waals surface area (Å²) in [5, 5.41) is 18.4. The van der Waals surface area contributed by atoms with Crippen molar-refractivity contribution in [2.45, 2.75) is 10.9 Å². The second-order valence-electron chi connectivity index (χ2n) is 4.94. The lowest BCUT2D eigenvalue weighted by molar-refractivity contribution is -0.255. The van der Waals surface area contributed by atoms with Crippen molar-refractivity contribution in [2.75, 3.05) is 7.11 Å². The van der Waals surface area contributed by atoms with Crippen molar-refractivity contribution in [1.82, 2.24) is 15.2 Å². The van der Waals surface area contributed by atoms with Crippen LogP contribution < -0.4 is 9.84 Å². The van der Waals surface area contributed by atoms with Crippen LogP contribution in [0.15, 0.2) is 53.7 Å². The maximum Gasteiger partial charge on any atom is 0.209 e. The molecule has 0 bridgehead atoms. The molecule has 0 saturated heterocycles. The zero-order valence-electron chi connectivity index (χ0n) is 12.9. The molecule has 7 heteroatoms. The Morgan fingerprint density at radius 3 is 2.67 bits per heavy atom. The van der Waals surface area contributed by atoms with E-state index in [2.05, 4.69) is 15.2 Å². The first-order chi connectivity index (χ1) is 11.7. The van der Waals surface area contributed by atoms with Crippen LogP contribution in [0.2, 0.25) is 0 Å². The number of carboxylic acids is 1. The average molecular weight is 340 g/mol. The molecule has 0 aliphatic heterocycles. The number of nitrogens with one attached hydrogen (secondary N) is 1. The van der Waals surface area contributed by atoms with Crippen LogP contribution in [0.4, 0.5) is 0 Å². The minimum Gasteiger partial charge on any atom is -0.545 e. The van der Waals surface area contributed by atoms with Gasteiger partial charge in [0.15, 0.2) is 5.82 Å². The second kappa shape index (κ2) is 7.18. The van der Waals surface area contributed by atoms with E-state index in [1.807, 2.05) is 24.3 Å². The van der Waals surface area contributed by atoms with Gasteiger partial charge in [0.1, 0.15) is 5.75 Å². The predicted molar refractivity (Wildman–Crippen MR) is 88.7 cm³/mol. The Labute approximate surface area is 142 Å². The molecular weight excluding hydrogens is 326 g/mol. The number of aromatic carboxylic acids is 1. The third-order valence-electron chi connectivity index (χ3n) is 3.38. The number of carboxylic acid groups (broad SMARTS) is 1. The molecule has 0 spiro atoms. The highest BCUT2D eigenvalue weighted by atomic mass is 32.2. The number of thioether (sulfide) groups is 1. The zero-order valence-corrected chi connectivity index (χ0v) is 13.7. The van der Waals surface area contributed by atoms with E-state index in [9.17, 15) is 9.90 Å². The number of hydrogen-bond acceptors (Lipinski definition) is 6. The van der Waals surface area contributed by atoms with Crippen molar-refractivity contribution in [3.63, 3.8) is 0 Å². The van der Waals surface area contributed by atoms with Gasteiger partial charge in [0.25, 0.3) is 0 Å². The summed E-state index contributed by atoms with van der Waals surface area (Å²) in [5.74, 6) is 0.825. The van der Waals surface area contributed by atoms with Crippen molar-refractivity contribution < 1.29 is 14.6 Å². The van der Waals surface area contributed by atoms with Crippen molar-refractivity contribution in [3.05, 3.63) is 59.7 Å². The Balaban J connectivity index is 1.69. The monoisotopic (exact) mass is 340 g/mol. The molecule has 0 saturated carbocycles. The van der Waals surface area contributed by atoms with Crippen LogP contribution in [0.5, 0.6) is 5.75 Å². The molecule has 1 N–H and O–H groups in total. The van der Waals surface area contributed by atoms with Gasteiger partial charge in [-0.05, 0) is 23.3 Å². The lowest BCUT2D eigenvalue weighted by Crippen LogP contribution is -2.21. The minimum absolute atomic E-state index is 0.167. The Morgan fingerprint density at radius 1 is 1.21 bits per heavy atom. The van der Waals surface area contributed by atoms with Gasteiger partial charge in [0, 0.05) is 5.75 Å². The van der Waals surface area contributed by atoms with E-state index >= 15 is 0 Å². The quantitative estimate of drug-likeness (QED) is 0.691. The van der Waals surface area contributed by atoms with Gasteiger partial charge in [-0.25, -0.2) is 4.98 Å². The molecule has 0 fully saturated rings. The minimum atomic E-state index is -1.18. The first-order valence-electron chi connectivity index (χ1n) is 7.16. The van der Waals surface area contributed by atoms with E-state index in [1.54, 1.807) is 19.2 Å². The van der Waals surface area contributed by atoms with Gasteiger partial charge in [-0.2, -0.15) is 0 Å². The fraction of sp³-hybridized carbons (Fsp3) is 0.118. The first kappa shape index (κ1) is 16.1. The summed E-state index contributed by atoms with van der Waals surface area (Å²) in [7, 11) is 1.61. The van der Waals surface area contributed by atoms with Gasteiger partial charge in [-0.15, -0.1) is 5.10 Å². The smallest absolute Gasteiger partial charge is 0.209 e. The Bertz CT molecular complexity index is 846. The number of H-pyrrole nitrogens is 1. The molecule has 3 aromatic rings. The number of aromatic nitrogens is 3. The fourth-order valence-corrected chi connectivity index (χ4v) is 2.91. The number of carbonyl (C=O) groups is 1. The molecule has 0 aliphatic carbocycles. The van der Waals surface area contributed by atoms with E-state index < -0.39 is 5.97 Å². The normalized spacial score (nSPS) is 10.5. The molecule has 122 valence electrons. The molecule has 0 aliphatic rings. The van der Waals surface area contributed by atoms with Crippen molar-refractivity contribution >= 4 is 17.7 Å². The number of rotatable bonds is 6. The van der Waals surface area contributed by atoms with Gasteiger partial charge in [0.2, 0.25) is 5.16 Å². The number of aromatic amines is 1. The summed E-state index contributed by atoms with van der Waals surface area (Å²) >= 11 is 1.46. The molecule has 24 heavy (non-hydrogen) atoms. The van der Waals surface area contributed by atoms with Crippen molar-refractivity contribution in [1.29, 1.82) is 0 Å². The van der Waals surface area contributed by atoms with Gasteiger partial charge in [-0.3, -0.25) is 5.10 Å². The van der Waals surface area contributed by atoms with Crippen LogP contribution in [-0.4, -0.2) is 28.3 Å². The van der Waals surface area contributed by atoms with Crippen LogP contribution >= 0.6 is 11.8 Å². The predicted octanol–water partition coefficient (Wildman–Crippen LogP) is 2.14. The van der Waals surface area contributed by atoms with Gasteiger partial charge in [-0.1, -0.05) is 48.2 Å². The van der Waals surface area contributed by atoms with Crippen LogP contribution in [-0.2, 0) is 5.75 Å². The Hall–Kier alpha value is -2.80. The average Bonchev–Trinajstić information content (AvgIpc) is 3.09. The number of hydrogen-bond donors (Lipinski definition) is 1. The highest BCUT2D eigenvalue weighted by molar-refractivity contribution is 7.98. The van der Waals surface area contributed by atoms with Crippen LogP contribution in [0, 0.1) is 0 Å². The molecular formula is C17H14N3O3S-. The number of para-hydroxylation sites is 1. The number of methoxy groups -OCH3 is 1. The van der Waals surface area contributed by atoms with E-state index in [0.29, 0.717) is 16.7 Å². The molecule has 0 amide bonds. The maximum atomic E-state index is 10.7. The number of ether oxygens (including phenoxy) is 1. The molecule has 1 aromatic heterocycles. The third-order valence-corrected chi connectivity index (χ3v) is 4.30. The van der Waals surface area contributed by atoms with E-state index in [-0.39, 0.29) is 5.56 Å². The first-order valence-corrected chi connectivity index (χ1v) is 8.15. The summed E-state index contributed by atoms with van der Waals surface area (Å²) in [5.41, 5.74) is 1.99. The second-order valence-corrected chi connectivity index (χ2v) is 5.88. The maximum absolute atomic E-state index is 10.7. The number of nitrogens with zero attached hydrogens (tertiary/aromatic N) is 2.